The number of thioether (sulfide) groups is 1. The Morgan fingerprint density at radius 3 is 3.25 bits per heavy atom. The molecule has 0 spiro atoms. The summed E-state index contributed by atoms with van der Waals surface area (Å²) in [7, 11) is 0. The maximum absolute atomic E-state index is 11.9. The zero-order valence-corrected chi connectivity index (χ0v) is 11.7. The fourth-order valence-corrected chi connectivity index (χ4v) is 2.92. The lowest BCUT2D eigenvalue weighted by molar-refractivity contribution is 0.128. The quantitative estimate of drug-likeness (QED) is 0.856. The third-order valence-corrected chi connectivity index (χ3v) is 4.00. The Bertz CT molecular complexity index is 593. The smallest absolute Gasteiger partial charge is 0.417 e. The maximum atomic E-state index is 11.9. The Morgan fingerprint density at radius 2 is 2.40 bits per heavy atom. The summed E-state index contributed by atoms with van der Waals surface area (Å²) in [5.74, 6) is 0.966. The summed E-state index contributed by atoms with van der Waals surface area (Å²) in [6, 6.07) is 5.71. The summed E-state index contributed by atoms with van der Waals surface area (Å²) < 4.78 is 5.26. The topological polar surface area (TPSA) is 42.4 Å². The molecule has 1 aromatic rings. The highest BCUT2D eigenvalue weighted by molar-refractivity contribution is 8.03. The number of carbonyl (C=O) groups is 1. The van der Waals surface area contributed by atoms with E-state index < -0.39 is 0 Å². The molecule has 0 aliphatic carbocycles. The van der Waals surface area contributed by atoms with Crippen LogP contribution in [0.2, 0.25) is 0 Å². The monoisotopic (exact) mass is 286 g/mol. The van der Waals surface area contributed by atoms with Crippen molar-refractivity contribution in [3.8, 4) is 0 Å². The Morgan fingerprint density at radius 1 is 1.45 bits per heavy atom. The van der Waals surface area contributed by atoms with Gasteiger partial charge in [-0.05, 0) is 23.8 Å². The molecule has 0 fully saturated rings. The largest absolute Gasteiger partial charge is 0.449 e. The van der Waals surface area contributed by atoms with E-state index in [1.807, 2.05) is 30.5 Å². The van der Waals surface area contributed by atoms with Crippen LogP contribution >= 0.6 is 11.8 Å². The van der Waals surface area contributed by atoms with E-state index in [4.69, 9.17) is 4.74 Å². The number of hydrogen-bond acceptors (Lipinski definition) is 4. The number of allylic oxidation sites excluding steroid dienone is 2. The van der Waals surface area contributed by atoms with Crippen molar-refractivity contribution in [3.63, 3.8) is 0 Å². The van der Waals surface area contributed by atoms with Crippen molar-refractivity contribution in [3.05, 3.63) is 65.1 Å². The zero-order chi connectivity index (χ0) is 13.8. The van der Waals surface area contributed by atoms with Gasteiger partial charge in [-0.15, -0.1) is 11.8 Å². The van der Waals surface area contributed by atoms with Gasteiger partial charge in [-0.25, -0.2) is 4.79 Å². The van der Waals surface area contributed by atoms with Crippen LogP contribution in [0.5, 0.6) is 0 Å². The Hall–Kier alpha value is -2.01. The second-order valence-corrected chi connectivity index (χ2v) is 5.43. The summed E-state index contributed by atoms with van der Waals surface area (Å²) in [4.78, 5) is 18.7. The van der Waals surface area contributed by atoms with E-state index in [0.717, 1.165) is 16.4 Å². The second kappa shape index (κ2) is 5.96. The molecule has 2 aliphatic heterocycles. The van der Waals surface area contributed by atoms with Gasteiger partial charge in [-0.2, -0.15) is 0 Å². The lowest BCUT2D eigenvalue weighted by atomic mass is 10.2. The first-order valence-electron chi connectivity index (χ1n) is 6.41. The van der Waals surface area contributed by atoms with E-state index in [2.05, 4.69) is 11.1 Å². The van der Waals surface area contributed by atoms with Crippen LogP contribution in [0.3, 0.4) is 0 Å². The van der Waals surface area contributed by atoms with Gasteiger partial charge in [0, 0.05) is 41.4 Å². The molecule has 3 heterocycles. The van der Waals surface area contributed by atoms with Gasteiger partial charge in [0.1, 0.15) is 0 Å². The first-order valence-corrected chi connectivity index (χ1v) is 7.40. The molecule has 0 N–H and O–H groups in total. The highest BCUT2D eigenvalue weighted by Gasteiger charge is 2.19. The van der Waals surface area contributed by atoms with Crippen LogP contribution in [0, 0.1) is 0 Å². The van der Waals surface area contributed by atoms with Crippen LogP contribution < -0.4 is 0 Å². The molecule has 1 amide bonds. The molecule has 0 saturated carbocycles. The van der Waals surface area contributed by atoms with Crippen molar-refractivity contribution in [1.29, 1.82) is 0 Å². The average molecular weight is 286 g/mol. The number of carbonyl (C=O) groups excluding carboxylic acids is 1. The second-order valence-electron chi connectivity index (χ2n) is 4.37. The SMILES string of the molecule is O=C(OCCc1ccccn1)N1C=CC2=CCSC2=C1. The summed E-state index contributed by atoms with van der Waals surface area (Å²) in [6.07, 6.45) is 9.67. The summed E-state index contributed by atoms with van der Waals surface area (Å²) in [5, 5.41) is 0. The zero-order valence-electron chi connectivity index (χ0n) is 10.9. The van der Waals surface area contributed by atoms with Crippen molar-refractivity contribution in [2.45, 2.75) is 6.42 Å². The molecular formula is C15H14N2O2S. The van der Waals surface area contributed by atoms with Crippen molar-refractivity contribution in [1.82, 2.24) is 9.88 Å². The van der Waals surface area contributed by atoms with Crippen molar-refractivity contribution in [2.24, 2.45) is 0 Å². The molecule has 20 heavy (non-hydrogen) atoms. The van der Waals surface area contributed by atoms with Gasteiger partial charge in [0.2, 0.25) is 0 Å². The van der Waals surface area contributed by atoms with Crippen LogP contribution in [0.25, 0.3) is 0 Å². The molecule has 4 nitrogen and oxygen atoms in total. The predicted molar refractivity (Wildman–Crippen MR) is 78.9 cm³/mol. The summed E-state index contributed by atoms with van der Waals surface area (Å²) in [5.41, 5.74) is 2.11. The number of pyridine rings is 1. The molecule has 102 valence electrons. The number of aromatic nitrogens is 1. The normalized spacial score (nSPS) is 16.5. The van der Waals surface area contributed by atoms with Crippen LogP contribution in [-0.4, -0.2) is 28.3 Å². The third-order valence-electron chi connectivity index (χ3n) is 3.02. The van der Waals surface area contributed by atoms with Gasteiger partial charge >= 0.3 is 6.09 Å². The standard InChI is InChI=1S/C15H14N2O2S/c18-15(19-9-5-13-3-1-2-7-16-13)17-8-4-12-6-10-20-14(12)11-17/h1-4,6-8,11H,5,9-10H2. The minimum Gasteiger partial charge on any atom is -0.449 e. The minimum absolute atomic E-state index is 0.333. The van der Waals surface area contributed by atoms with Crippen LogP contribution in [0.15, 0.2) is 59.4 Å². The Labute approximate surface area is 121 Å². The van der Waals surface area contributed by atoms with Gasteiger partial charge < -0.3 is 4.74 Å². The number of amides is 1. The lowest BCUT2D eigenvalue weighted by Gasteiger charge is -2.18. The molecule has 0 aromatic carbocycles. The van der Waals surface area contributed by atoms with Crippen LogP contribution in [-0.2, 0) is 11.2 Å². The van der Waals surface area contributed by atoms with Gasteiger partial charge in [0.25, 0.3) is 0 Å². The first kappa shape index (κ1) is 13.0. The molecule has 0 bridgehead atoms. The van der Waals surface area contributed by atoms with Crippen LogP contribution in [0.4, 0.5) is 4.79 Å². The molecule has 0 unspecified atom stereocenters. The summed E-state index contributed by atoms with van der Waals surface area (Å²) >= 11 is 1.73. The molecule has 5 heteroatoms. The van der Waals surface area contributed by atoms with E-state index in [1.54, 1.807) is 24.2 Å². The summed E-state index contributed by atoms with van der Waals surface area (Å²) in [6.45, 7) is 0.333. The van der Waals surface area contributed by atoms with E-state index >= 15 is 0 Å². The van der Waals surface area contributed by atoms with E-state index in [1.165, 1.54) is 10.5 Å². The van der Waals surface area contributed by atoms with E-state index in [-0.39, 0.29) is 6.09 Å². The predicted octanol–water partition coefficient (Wildman–Crippen LogP) is 3.10. The van der Waals surface area contributed by atoms with Gasteiger partial charge in [0.05, 0.1) is 6.61 Å². The Balaban J connectivity index is 1.52. The van der Waals surface area contributed by atoms with Crippen LogP contribution in [0.1, 0.15) is 5.69 Å². The fourth-order valence-electron chi connectivity index (χ4n) is 1.97. The third kappa shape index (κ3) is 2.93. The molecule has 2 aliphatic rings. The van der Waals surface area contributed by atoms with Gasteiger partial charge in [-0.1, -0.05) is 12.1 Å². The molecular weight excluding hydrogens is 272 g/mol. The van der Waals surface area contributed by atoms with Crippen molar-refractivity contribution < 1.29 is 9.53 Å². The fraction of sp³-hybridized carbons (Fsp3) is 0.200. The number of rotatable bonds is 3. The average Bonchev–Trinajstić information content (AvgIpc) is 2.95. The molecule has 1 aromatic heterocycles. The molecule has 0 radical (unpaired) electrons. The van der Waals surface area contributed by atoms with Crippen molar-refractivity contribution >= 4 is 17.9 Å². The van der Waals surface area contributed by atoms with E-state index in [9.17, 15) is 4.79 Å². The number of nitrogens with zero attached hydrogens (tertiary/aromatic N) is 2. The maximum Gasteiger partial charge on any atom is 0.417 e. The minimum atomic E-state index is -0.351. The molecule has 0 atom stereocenters. The Kier molecular flexibility index (Phi) is 3.87. The number of fused-ring (bicyclic) bond motifs is 1. The van der Waals surface area contributed by atoms with Crippen molar-refractivity contribution in [2.75, 3.05) is 12.4 Å². The lowest BCUT2D eigenvalue weighted by Crippen LogP contribution is -2.24. The number of ether oxygens (including phenoxy) is 1. The highest BCUT2D eigenvalue weighted by Crippen LogP contribution is 2.34. The number of hydrogen-bond donors (Lipinski definition) is 0. The highest BCUT2D eigenvalue weighted by atomic mass is 32.2. The molecule has 0 saturated heterocycles. The molecule has 3 rings (SSSR count). The van der Waals surface area contributed by atoms with Gasteiger partial charge in [0.15, 0.2) is 0 Å². The first-order chi connectivity index (χ1) is 9.83. The van der Waals surface area contributed by atoms with E-state index in [0.29, 0.717) is 13.0 Å². The van der Waals surface area contributed by atoms with Gasteiger partial charge in [-0.3, -0.25) is 9.88 Å².